The maximum atomic E-state index is 4.74. The highest BCUT2D eigenvalue weighted by molar-refractivity contribution is 6.18. The number of fused-ring (bicyclic) bond motifs is 3. The van der Waals surface area contributed by atoms with E-state index in [1.165, 1.54) is 44.2 Å². The number of pyridine rings is 1. The van der Waals surface area contributed by atoms with Crippen molar-refractivity contribution in [3.05, 3.63) is 78.0 Å². The summed E-state index contributed by atoms with van der Waals surface area (Å²) in [7, 11) is 0. The molecule has 1 aliphatic carbocycles. The smallest absolute Gasteiger partial charge is 0.0711 e. The van der Waals surface area contributed by atoms with Crippen molar-refractivity contribution >= 4 is 10.8 Å². The molecule has 0 unspecified atom stereocenters. The maximum Gasteiger partial charge on any atom is 0.0711 e. The summed E-state index contributed by atoms with van der Waals surface area (Å²) < 4.78 is 0. The predicted octanol–water partition coefficient (Wildman–Crippen LogP) is 6.17. The largest absolute Gasteiger partial charge is 0.253 e. The Hall–Kier alpha value is -2.93. The molecule has 0 saturated heterocycles. The van der Waals surface area contributed by atoms with E-state index in [1.54, 1.807) is 0 Å². The number of nitrogens with zero attached hydrogens (tertiary/aromatic N) is 1. The summed E-state index contributed by atoms with van der Waals surface area (Å²) >= 11 is 0. The van der Waals surface area contributed by atoms with E-state index in [0.29, 0.717) is 0 Å². The van der Waals surface area contributed by atoms with Gasteiger partial charge in [-0.15, -0.1) is 0 Å². The van der Waals surface area contributed by atoms with Gasteiger partial charge in [-0.25, -0.2) is 0 Å². The van der Waals surface area contributed by atoms with Crippen molar-refractivity contribution in [1.29, 1.82) is 0 Å². The van der Waals surface area contributed by atoms with Crippen molar-refractivity contribution in [2.24, 2.45) is 0 Å². The third-order valence-corrected chi connectivity index (χ3v) is 4.96. The van der Waals surface area contributed by atoms with Gasteiger partial charge in [0.05, 0.1) is 5.69 Å². The molecule has 0 radical (unpaired) electrons. The van der Waals surface area contributed by atoms with E-state index in [2.05, 4.69) is 67.6 Å². The Balaban J connectivity index is 1.88. The number of hydrogen-bond acceptors (Lipinski definition) is 1. The van der Waals surface area contributed by atoms with Crippen molar-refractivity contribution in [2.45, 2.75) is 13.8 Å². The van der Waals surface area contributed by atoms with E-state index < -0.39 is 0 Å². The van der Waals surface area contributed by atoms with Crippen molar-refractivity contribution in [3.63, 3.8) is 0 Å². The Bertz CT molecular complexity index is 1120. The predicted molar refractivity (Wildman–Crippen MR) is 101 cm³/mol. The first-order chi connectivity index (χ1) is 11.7. The van der Waals surface area contributed by atoms with Crippen LogP contribution in [-0.4, -0.2) is 4.98 Å². The van der Waals surface area contributed by atoms with Crippen LogP contribution in [0.25, 0.3) is 44.3 Å². The van der Waals surface area contributed by atoms with Crippen LogP contribution >= 0.6 is 0 Å². The van der Waals surface area contributed by atoms with Gasteiger partial charge in [0.2, 0.25) is 0 Å². The molecule has 114 valence electrons. The second kappa shape index (κ2) is 4.78. The van der Waals surface area contributed by atoms with Gasteiger partial charge in [-0.3, -0.25) is 4.98 Å². The van der Waals surface area contributed by atoms with E-state index >= 15 is 0 Å². The standard InChI is InChI=1S/C23H17N/c1-14-9-10-16-18-6-4-7-19-17(22-8-3-5-15(2)24-22)11-12-20(23(18)19)21(16)13-14/h3-13H,1-2H3. The third kappa shape index (κ3) is 1.78. The second-order valence-electron chi connectivity index (χ2n) is 6.60. The molecule has 0 amide bonds. The van der Waals surface area contributed by atoms with Crippen LogP contribution in [-0.2, 0) is 0 Å². The Morgan fingerprint density at radius 3 is 2.25 bits per heavy atom. The van der Waals surface area contributed by atoms with Crippen LogP contribution in [0.5, 0.6) is 0 Å². The second-order valence-corrected chi connectivity index (χ2v) is 6.60. The summed E-state index contributed by atoms with van der Waals surface area (Å²) in [6, 6.07) is 24.1. The lowest BCUT2D eigenvalue weighted by molar-refractivity contribution is 1.21. The van der Waals surface area contributed by atoms with Crippen LogP contribution in [0.1, 0.15) is 11.3 Å². The van der Waals surface area contributed by atoms with Crippen molar-refractivity contribution in [1.82, 2.24) is 4.98 Å². The van der Waals surface area contributed by atoms with E-state index in [-0.39, 0.29) is 0 Å². The number of aryl methyl sites for hydroxylation is 2. The van der Waals surface area contributed by atoms with Crippen molar-refractivity contribution in [3.8, 4) is 33.5 Å². The molecule has 1 aromatic heterocycles. The van der Waals surface area contributed by atoms with E-state index in [4.69, 9.17) is 4.98 Å². The fraction of sp³-hybridized carbons (Fsp3) is 0.0870. The number of rotatable bonds is 1. The number of benzene rings is 3. The van der Waals surface area contributed by atoms with Crippen molar-refractivity contribution < 1.29 is 0 Å². The minimum absolute atomic E-state index is 1.05. The van der Waals surface area contributed by atoms with Gasteiger partial charge < -0.3 is 0 Å². The molecule has 0 spiro atoms. The van der Waals surface area contributed by atoms with Gasteiger partial charge in [0, 0.05) is 11.3 Å². The first-order valence-corrected chi connectivity index (χ1v) is 8.33. The Labute approximate surface area is 141 Å². The number of hydrogen-bond donors (Lipinski definition) is 0. The van der Waals surface area contributed by atoms with E-state index in [1.807, 2.05) is 13.0 Å². The lowest BCUT2D eigenvalue weighted by Crippen LogP contribution is -1.88. The lowest BCUT2D eigenvalue weighted by Gasteiger charge is -2.09. The molecule has 0 saturated carbocycles. The molecular weight excluding hydrogens is 290 g/mol. The molecule has 1 aliphatic rings. The third-order valence-electron chi connectivity index (χ3n) is 4.96. The first-order valence-electron chi connectivity index (χ1n) is 8.33. The van der Waals surface area contributed by atoms with E-state index in [9.17, 15) is 0 Å². The molecular formula is C23H17N. The molecule has 1 nitrogen and oxygen atoms in total. The molecule has 1 heteroatoms. The van der Waals surface area contributed by atoms with E-state index in [0.717, 1.165) is 11.4 Å². The first kappa shape index (κ1) is 13.5. The van der Waals surface area contributed by atoms with Crippen LogP contribution in [0.2, 0.25) is 0 Å². The van der Waals surface area contributed by atoms with Crippen LogP contribution in [0.4, 0.5) is 0 Å². The van der Waals surface area contributed by atoms with Crippen LogP contribution < -0.4 is 0 Å². The molecule has 4 aromatic rings. The quantitative estimate of drug-likeness (QED) is 0.361. The highest BCUT2D eigenvalue weighted by Crippen LogP contribution is 2.49. The average Bonchev–Trinajstić information content (AvgIpc) is 2.91. The SMILES string of the molecule is Cc1ccc2c(c1)-c1ccc(-c3cccc(C)n3)c3cccc-2c13. The summed E-state index contributed by atoms with van der Waals surface area (Å²) in [5, 5.41) is 2.65. The number of aromatic nitrogens is 1. The molecule has 0 bridgehead atoms. The topological polar surface area (TPSA) is 12.9 Å². The van der Waals surface area contributed by atoms with Crippen molar-refractivity contribution in [2.75, 3.05) is 0 Å². The van der Waals surface area contributed by atoms with Gasteiger partial charge in [-0.1, -0.05) is 60.2 Å². The average molecular weight is 307 g/mol. The fourth-order valence-corrected chi connectivity index (χ4v) is 3.89. The van der Waals surface area contributed by atoms with Crippen LogP contribution in [0, 0.1) is 13.8 Å². The van der Waals surface area contributed by atoms with Gasteiger partial charge in [0.1, 0.15) is 0 Å². The molecule has 24 heavy (non-hydrogen) atoms. The zero-order chi connectivity index (χ0) is 16.3. The molecule has 0 fully saturated rings. The minimum Gasteiger partial charge on any atom is -0.253 e. The summed E-state index contributed by atoms with van der Waals surface area (Å²) in [4.78, 5) is 4.74. The summed E-state index contributed by atoms with van der Waals surface area (Å²) in [6.45, 7) is 4.20. The molecule has 5 rings (SSSR count). The molecule has 1 heterocycles. The Kier molecular flexibility index (Phi) is 2.69. The molecule has 0 aliphatic heterocycles. The minimum atomic E-state index is 1.05. The Morgan fingerprint density at radius 1 is 0.625 bits per heavy atom. The molecule has 0 atom stereocenters. The summed E-state index contributed by atoms with van der Waals surface area (Å²) in [6.07, 6.45) is 0. The fourth-order valence-electron chi connectivity index (χ4n) is 3.89. The highest BCUT2D eigenvalue weighted by Gasteiger charge is 2.22. The van der Waals surface area contributed by atoms with Crippen LogP contribution in [0.15, 0.2) is 66.7 Å². The zero-order valence-electron chi connectivity index (χ0n) is 13.8. The van der Waals surface area contributed by atoms with Gasteiger partial charge >= 0.3 is 0 Å². The molecule has 3 aromatic carbocycles. The normalized spacial score (nSPS) is 11.8. The maximum absolute atomic E-state index is 4.74. The lowest BCUT2D eigenvalue weighted by atomic mass is 9.96. The van der Waals surface area contributed by atoms with Gasteiger partial charge in [0.25, 0.3) is 0 Å². The monoisotopic (exact) mass is 307 g/mol. The van der Waals surface area contributed by atoms with Gasteiger partial charge in [0.15, 0.2) is 0 Å². The Morgan fingerprint density at radius 2 is 1.38 bits per heavy atom. The summed E-state index contributed by atoms with van der Waals surface area (Å²) in [5.41, 5.74) is 9.99. The molecule has 0 N–H and O–H groups in total. The van der Waals surface area contributed by atoms with Gasteiger partial charge in [-0.2, -0.15) is 0 Å². The highest BCUT2D eigenvalue weighted by atomic mass is 14.7. The van der Waals surface area contributed by atoms with Crippen LogP contribution in [0.3, 0.4) is 0 Å². The summed E-state index contributed by atoms with van der Waals surface area (Å²) in [5.74, 6) is 0. The van der Waals surface area contributed by atoms with Gasteiger partial charge in [-0.05, 0) is 59.0 Å². The zero-order valence-corrected chi connectivity index (χ0v) is 13.8.